The first kappa shape index (κ1) is 13.8. The molecule has 1 N–H and O–H groups in total. The first-order valence-corrected chi connectivity index (χ1v) is 7.14. The van der Waals surface area contributed by atoms with Crippen LogP contribution < -0.4 is 5.32 Å². The molecule has 110 valence electrons. The molecule has 0 radical (unpaired) electrons. The number of carbonyl (C=O) groups excluding carboxylic acids is 1. The summed E-state index contributed by atoms with van der Waals surface area (Å²) in [5.41, 5.74) is 1.72. The fourth-order valence-electron chi connectivity index (χ4n) is 2.31. The van der Waals surface area contributed by atoms with Crippen LogP contribution in [0.2, 0.25) is 0 Å². The summed E-state index contributed by atoms with van der Waals surface area (Å²) in [7, 11) is 0. The van der Waals surface area contributed by atoms with Crippen molar-refractivity contribution in [3.63, 3.8) is 0 Å². The van der Waals surface area contributed by atoms with Crippen molar-refractivity contribution < 1.29 is 9.53 Å². The average Bonchev–Trinajstić information content (AvgIpc) is 2.55. The number of para-hydroxylation sites is 2. The maximum absolute atomic E-state index is 12.0. The van der Waals surface area contributed by atoms with Crippen LogP contribution in [0.15, 0.2) is 30.5 Å². The Balaban J connectivity index is 1.53. The van der Waals surface area contributed by atoms with Gasteiger partial charge in [-0.15, -0.1) is 0 Å². The van der Waals surface area contributed by atoms with Crippen LogP contribution in [0.3, 0.4) is 0 Å². The molecule has 2 aromatic rings. The molecule has 0 bridgehead atoms. The van der Waals surface area contributed by atoms with Crippen molar-refractivity contribution in [3.05, 3.63) is 30.5 Å². The minimum Gasteiger partial charge on any atom is -0.378 e. The highest BCUT2D eigenvalue weighted by Crippen LogP contribution is 2.11. The van der Waals surface area contributed by atoms with Crippen LogP contribution in [0.5, 0.6) is 0 Å². The molecule has 1 aromatic heterocycles. The topological polar surface area (TPSA) is 67.4 Å². The molecule has 0 atom stereocenters. The number of morpholine rings is 1. The molecule has 0 aliphatic carbocycles. The van der Waals surface area contributed by atoms with E-state index in [1.54, 1.807) is 6.20 Å². The van der Waals surface area contributed by atoms with E-state index >= 15 is 0 Å². The van der Waals surface area contributed by atoms with Gasteiger partial charge in [-0.3, -0.25) is 9.78 Å². The molecule has 3 rings (SSSR count). The Morgan fingerprint density at radius 1 is 1.24 bits per heavy atom. The highest BCUT2D eigenvalue weighted by molar-refractivity contribution is 5.77. The van der Waals surface area contributed by atoms with E-state index < -0.39 is 0 Å². The van der Waals surface area contributed by atoms with Crippen LogP contribution in [0.1, 0.15) is 6.42 Å². The molecular formula is C15H18N4O2. The fourth-order valence-corrected chi connectivity index (χ4v) is 2.31. The summed E-state index contributed by atoms with van der Waals surface area (Å²) in [5.74, 6) is 0.850. The number of nitrogens with zero attached hydrogens (tertiary/aromatic N) is 3. The van der Waals surface area contributed by atoms with Crippen LogP contribution >= 0.6 is 0 Å². The summed E-state index contributed by atoms with van der Waals surface area (Å²) < 4.78 is 5.24. The second-order valence-electron chi connectivity index (χ2n) is 4.91. The molecule has 1 saturated heterocycles. The van der Waals surface area contributed by atoms with Gasteiger partial charge in [-0.1, -0.05) is 12.1 Å². The van der Waals surface area contributed by atoms with Crippen molar-refractivity contribution in [2.24, 2.45) is 0 Å². The smallest absolute Gasteiger partial charge is 0.224 e. The number of hydrogen-bond acceptors (Lipinski definition) is 5. The molecule has 1 amide bonds. The van der Waals surface area contributed by atoms with Gasteiger partial charge in [0.25, 0.3) is 0 Å². The summed E-state index contributed by atoms with van der Waals surface area (Å²) in [6, 6.07) is 7.72. The quantitative estimate of drug-likeness (QED) is 0.917. The third-order valence-electron chi connectivity index (χ3n) is 3.46. The molecule has 0 saturated carbocycles. The number of hydrogen-bond donors (Lipinski definition) is 1. The summed E-state index contributed by atoms with van der Waals surface area (Å²) in [5, 5.41) is 3.15. The largest absolute Gasteiger partial charge is 0.378 e. The van der Waals surface area contributed by atoms with Gasteiger partial charge in [-0.05, 0) is 12.1 Å². The Labute approximate surface area is 123 Å². The molecule has 1 aliphatic heterocycles. The summed E-state index contributed by atoms with van der Waals surface area (Å²) in [6.45, 7) is 3.21. The number of ether oxygens (including phenoxy) is 1. The molecule has 0 spiro atoms. The van der Waals surface area contributed by atoms with E-state index in [1.165, 1.54) is 0 Å². The van der Waals surface area contributed by atoms with Gasteiger partial charge in [0.15, 0.2) is 0 Å². The standard InChI is InChI=1S/C15H18N4O2/c20-15(19-7-9-21-10-8-19)5-6-16-14-11-17-12-3-1-2-4-13(12)18-14/h1-4,11H,5-10H2,(H,16,18). The predicted octanol–water partition coefficient (Wildman–Crippen LogP) is 1.29. The summed E-state index contributed by atoms with van der Waals surface area (Å²) in [6.07, 6.45) is 2.15. The first-order valence-electron chi connectivity index (χ1n) is 7.14. The van der Waals surface area contributed by atoms with Gasteiger partial charge < -0.3 is 15.0 Å². The second-order valence-corrected chi connectivity index (χ2v) is 4.91. The minimum atomic E-state index is 0.152. The van der Waals surface area contributed by atoms with Gasteiger partial charge in [-0.2, -0.15) is 0 Å². The number of benzene rings is 1. The molecule has 1 aromatic carbocycles. The van der Waals surface area contributed by atoms with Gasteiger partial charge in [0.2, 0.25) is 5.91 Å². The zero-order valence-electron chi connectivity index (χ0n) is 11.8. The van der Waals surface area contributed by atoms with Crippen molar-refractivity contribution in [1.82, 2.24) is 14.9 Å². The van der Waals surface area contributed by atoms with Crippen LogP contribution in [0.4, 0.5) is 5.82 Å². The number of fused-ring (bicyclic) bond motifs is 1. The number of carbonyl (C=O) groups is 1. The van der Waals surface area contributed by atoms with E-state index in [2.05, 4.69) is 15.3 Å². The van der Waals surface area contributed by atoms with Crippen LogP contribution in [-0.2, 0) is 9.53 Å². The van der Waals surface area contributed by atoms with Crippen molar-refractivity contribution in [2.45, 2.75) is 6.42 Å². The zero-order valence-corrected chi connectivity index (χ0v) is 11.8. The van der Waals surface area contributed by atoms with E-state index in [0.717, 1.165) is 11.0 Å². The minimum absolute atomic E-state index is 0.152. The monoisotopic (exact) mass is 286 g/mol. The summed E-state index contributed by atoms with van der Waals surface area (Å²) in [4.78, 5) is 22.6. The highest BCUT2D eigenvalue weighted by atomic mass is 16.5. The van der Waals surface area contributed by atoms with Gasteiger partial charge >= 0.3 is 0 Å². The number of anilines is 1. The van der Waals surface area contributed by atoms with Gasteiger partial charge in [0.05, 0.1) is 30.4 Å². The summed E-state index contributed by atoms with van der Waals surface area (Å²) >= 11 is 0. The molecule has 21 heavy (non-hydrogen) atoms. The van der Waals surface area contributed by atoms with Gasteiger partial charge in [0.1, 0.15) is 5.82 Å². The second kappa shape index (κ2) is 6.49. The SMILES string of the molecule is O=C(CCNc1cnc2ccccc2n1)N1CCOCC1. The van der Waals surface area contributed by atoms with Crippen LogP contribution in [0, 0.1) is 0 Å². The van der Waals surface area contributed by atoms with Crippen LogP contribution in [-0.4, -0.2) is 53.6 Å². The van der Waals surface area contributed by atoms with E-state index in [-0.39, 0.29) is 5.91 Å². The van der Waals surface area contributed by atoms with E-state index in [4.69, 9.17) is 4.74 Å². The lowest BCUT2D eigenvalue weighted by molar-refractivity contribution is -0.134. The number of rotatable bonds is 4. The third kappa shape index (κ3) is 3.46. The van der Waals surface area contributed by atoms with Crippen LogP contribution in [0.25, 0.3) is 11.0 Å². The predicted molar refractivity (Wildman–Crippen MR) is 80.0 cm³/mol. The molecular weight excluding hydrogens is 268 g/mol. The fraction of sp³-hybridized carbons (Fsp3) is 0.400. The van der Waals surface area contributed by atoms with Crippen molar-refractivity contribution in [2.75, 3.05) is 38.2 Å². The Kier molecular flexibility index (Phi) is 4.25. The maximum Gasteiger partial charge on any atom is 0.224 e. The van der Waals surface area contributed by atoms with E-state index in [0.29, 0.717) is 45.1 Å². The van der Waals surface area contributed by atoms with E-state index in [9.17, 15) is 4.79 Å². The molecule has 6 nitrogen and oxygen atoms in total. The lowest BCUT2D eigenvalue weighted by atomic mass is 10.3. The molecule has 1 fully saturated rings. The maximum atomic E-state index is 12.0. The Morgan fingerprint density at radius 3 is 2.81 bits per heavy atom. The molecule has 6 heteroatoms. The number of amides is 1. The lowest BCUT2D eigenvalue weighted by Gasteiger charge is -2.26. The average molecular weight is 286 g/mol. The third-order valence-corrected chi connectivity index (χ3v) is 3.46. The van der Waals surface area contributed by atoms with Crippen molar-refractivity contribution in [1.29, 1.82) is 0 Å². The Hall–Kier alpha value is -2.21. The number of nitrogens with one attached hydrogen (secondary N) is 1. The lowest BCUT2D eigenvalue weighted by Crippen LogP contribution is -2.41. The Bertz CT molecular complexity index is 626. The normalized spacial score (nSPS) is 15.1. The van der Waals surface area contributed by atoms with Gasteiger partial charge in [-0.25, -0.2) is 4.98 Å². The molecule has 2 heterocycles. The zero-order chi connectivity index (χ0) is 14.5. The van der Waals surface area contributed by atoms with Crippen molar-refractivity contribution in [3.8, 4) is 0 Å². The Morgan fingerprint density at radius 2 is 2.00 bits per heavy atom. The van der Waals surface area contributed by atoms with Crippen molar-refractivity contribution >= 4 is 22.8 Å². The highest BCUT2D eigenvalue weighted by Gasteiger charge is 2.16. The molecule has 1 aliphatic rings. The molecule has 0 unspecified atom stereocenters. The van der Waals surface area contributed by atoms with E-state index in [1.807, 2.05) is 29.2 Å². The number of aromatic nitrogens is 2. The van der Waals surface area contributed by atoms with Gasteiger partial charge in [0, 0.05) is 26.1 Å². The first-order chi connectivity index (χ1) is 10.3.